The molecule has 1 aliphatic carbocycles. The van der Waals surface area contributed by atoms with Gasteiger partial charge in [-0.05, 0) is 42.4 Å². The predicted molar refractivity (Wildman–Crippen MR) is 106 cm³/mol. The molecule has 158 valence electrons. The Morgan fingerprint density at radius 3 is 2.21 bits per heavy atom. The zero-order valence-corrected chi connectivity index (χ0v) is 16.7. The van der Waals surface area contributed by atoms with Crippen LogP contribution in [0.4, 0.5) is 17.6 Å². The lowest BCUT2D eigenvalue weighted by Gasteiger charge is -2.29. The minimum atomic E-state index is -4.71. The third-order valence-electron chi connectivity index (χ3n) is 6.08. The van der Waals surface area contributed by atoms with Crippen LogP contribution in [0.15, 0.2) is 48.5 Å². The zero-order valence-electron chi connectivity index (χ0n) is 16.7. The smallest absolute Gasteiger partial charge is 0.419 e. The summed E-state index contributed by atoms with van der Waals surface area (Å²) in [5.41, 5.74) is -0.316. The van der Waals surface area contributed by atoms with Crippen molar-refractivity contribution >= 4 is 0 Å². The normalized spacial score (nSPS) is 21.0. The summed E-state index contributed by atoms with van der Waals surface area (Å²) in [6, 6.07) is 12.4. The van der Waals surface area contributed by atoms with Gasteiger partial charge in [-0.25, -0.2) is 4.39 Å². The van der Waals surface area contributed by atoms with Gasteiger partial charge >= 0.3 is 6.18 Å². The van der Waals surface area contributed by atoms with Gasteiger partial charge in [0, 0.05) is 6.07 Å². The Kier molecular flexibility index (Phi) is 7.20. The highest BCUT2D eigenvalue weighted by atomic mass is 19.4. The highest BCUT2D eigenvalue weighted by Gasteiger charge is 2.34. The van der Waals surface area contributed by atoms with E-state index in [4.69, 9.17) is 4.74 Å². The first-order chi connectivity index (χ1) is 13.9. The molecular weight excluding hydrogens is 380 g/mol. The fourth-order valence-corrected chi connectivity index (χ4v) is 4.24. The van der Waals surface area contributed by atoms with Crippen LogP contribution < -0.4 is 4.74 Å². The molecule has 0 spiro atoms. The molecule has 0 aliphatic heterocycles. The fourth-order valence-electron chi connectivity index (χ4n) is 4.24. The van der Waals surface area contributed by atoms with Gasteiger partial charge in [-0.2, -0.15) is 13.2 Å². The molecule has 0 saturated heterocycles. The van der Waals surface area contributed by atoms with Crippen molar-refractivity contribution in [1.82, 2.24) is 0 Å². The minimum Gasteiger partial charge on any atom is -0.486 e. The molecule has 3 rings (SSSR count). The van der Waals surface area contributed by atoms with E-state index in [0.717, 1.165) is 36.5 Å². The van der Waals surface area contributed by atoms with Gasteiger partial charge in [0.1, 0.15) is 17.7 Å². The van der Waals surface area contributed by atoms with Crippen LogP contribution in [0.5, 0.6) is 5.75 Å². The number of hydrogen-bond acceptors (Lipinski definition) is 1. The van der Waals surface area contributed by atoms with E-state index >= 15 is 0 Å². The summed E-state index contributed by atoms with van der Waals surface area (Å²) in [4.78, 5) is 0. The number of ether oxygens (including phenoxy) is 1. The molecule has 1 fully saturated rings. The lowest BCUT2D eigenvalue weighted by Crippen LogP contribution is -2.16. The summed E-state index contributed by atoms with van der Waals surface area (Å²) in [6.45, 7) is 2.24. The number of alkyl halides is 3. The first-order valence-electron chi connectivity index (χ1n) is 10.4. The van der Waals surface area contributed by atoms with Crippen LogP contribution in [0.2, 0.25) is 0 Å². The van der Waals surface area contributed by atoms with Gasteiger partial charge < -0.3 is 4.74 Å². The van der Waals surface area contributed by atoms with Gasteiger partial charge in [-0.1, -0.05) is 69.4 Å². The second-order valence-corrected chi connectivity index (χ2v) is 8.03. The molecular formula is C24H28F4O. The predicted octanol–water partition coefficient (Wildman–Crippen LogP) is 7.96. The molecule has 1 saturated carbocycles. The van der Waals surface area contributed by atoms with Crippen molar-refractivity contribution in [3.05, 3.63) is 65.5 Å². The van der Waals surface area contributed by atoms with Crippen molar-refractivity contribution < 1.29 is 22.3 Å². The number of rotatable bonds is 7. The van der Waals surface area contributed by atoms with Gasteiger partial charge in [0.2, 0.25) is 0 Å². The highest BCUT2D eigenvalue weighted by Crippen LogP contribution is 2.37. The number of halogens is 4. The van der Waals surface area contributed by atoms with Crippen molar-refractivity contribution in [3.63, 3.8) is 0 Å². The van der Waals surface area contributed by atoms with Crippen molar-refractivity contribution in [2.24, 2.45) is 11.8 Å². The van der Waals surface area contributed by atoms with Crippen molar-refractivity contribution in [2.75, 3.05) is 0 Å². The van der Waals surface area contributed by atoms with Crippen molar-refractivity contribution in [3.8, 4) is 5.75 Å². The van der Waals surface area contributed by atoms with Crippen molar-refractivity contribution in [2.45, 2.75) is 64.1 Å². The Balaban J connectivity index is 1.69. The molecule has 0 radical (unpaired) electrons. The van der Waals surface area contributed by atoms with E-state index < -0.39 is 17.6 Å². The van der Waals surface area contributed by atoms with E-state index in [1.54, 1.807) is 0 Å². The molecule has 2 aromatic carbocycles. The third kappa shape index (κ3) is 5.97. The highest BCUT2D eigenvalue weighted by molar-refractivity contribution is 5.31. The van der Waals surface area contributed by atoms with E-state index in [9.17, 15) is 17.6 Å². The lowest BCUT2D eigenvalue weighted by atomic mass is 9.78. The molecule has 0 N–H and O–H groups in total. The molecule has 0 aromatic heterocycles. The zero-order chi connectivity index (χ0) is 20.9. The monoisotopic (exact) mass is 408 g/mol. The van der Waals surface area contributed by atoms with E-state index in [1.807, 2.05) is 30.3 Å². The average molecular weight is 408 g/mol. The second-order valence-electron chi connectivity index (χ2n) is 8.03. The Morgan fingerprint density at radius 2 is 1.62 bits per heavy atom. The quantitative estimate of drug-likeness (QED) is 0.422. The minimum absolute atomic E-state index is 0.124. The summed E-state index contributed by atoms with van der Waals surface area (Å²) in [5.74, 6) is 0.304. The molecule has 5 heteroatoms. The summed E-state index contributed by atoms with van der Waals surface area (Å²) >= 11 is 0. The van der Waals surface area contributed by atoms with Gasteiger partial charge in [-0.3, -0.25) is 0 Å². The summed E-state index contributed by atoms with van der Waals surface area (Å²) in [6.07, 6.45) is 2.94. The van der Waals surface area contributed by atoms with E-state index in [0.29, 0.717) is 5.92 Å². The van der Waals surface area contributed by atoms with Gasteiger partial charge in [0.25, 0.3) is 0 Å². The maximum Gasteiger partial charge on any atom is 0.419 e. The molecule has 2 aromatic rings. The largest absolute Gasteiger partial charge is 0.486 e. The summed E-state index contributed by atoms with van der Waals surface area (Å²) < 4.78 is 58.3. The molecule has 0 bridgehead atoms. The third-order valence-corrected chi connectivity index (χ3v) is 6.08. The Morgan fingerprint density at radius 1 is 0.966 bits per heavy atom. The standard InChI is InChI=1S/C24H28F4O/c1-2-17-8-10-18(11-9-17)12-15-23(19-6-4-3-5-7-19)29-20-13-14-21(22(25)16-20)24(26,27)28/h3-7,13-14,16-18,23H,2,8-12,15H2,1H3/t17-,18-,23?. The Bertz CT molecular complexity index is 764. The van der Waals surface area contributed by atoms with E-state index in [2.05, 4.69) is 6.92 Å². The Labute approximate surface area is 170 Å². The van der Waals surface area contributed by atoms with Crippen LogP contribution in [0.1, 0.15) is 69.1 Å². The fraction of sp³-hybridized carbons (Fsp3) is 0.500. The van der Waals surface area contributed by atoms with Crippen LogP contribution >= 0.6 is 0 Å². The van der Waals surface area contributed by atoms with Gasteiger partial charge in [0.15, 0.2) is 0 Å². The van der Waals surface area contributed by atoms with E-state index in [-0.39, 0.29) is 11.9 Å². The number of hydrogen-bond donors (Lipinski definition) is 0. The maximum atomic E-state index is 13.9. The maximum absolute atomic E-state index is 13.9. The first kappa shape index (κ1) is 21.7. The molecule has 0 heterocycles. The molecule has 1 unspecified atom stereocenters. The lowest BCUT2D eigenvalue weighted by molar-refractivity contribution is -0.140. The van der Waals surface area contributed by atoms with Crippen molar-refractivity contribution in [1.29, 1.82) is 0 Å². The summed E-state index contributed by atoms with van der Waals surface area (Å²) in [5, 5.41) is 0. The Hall–Kier alpha value is -2.04. The van der Waals surface area contributed by atoms with Crippen LogP contribution in [-0.4, -0.2) is 0 Å². The molecule has 1 aliphatic rings. The molecule has 0 amide bonds. The molecule has 1 atom stereocenters. The SMILES string of the molecule is CC[C@H]1CC[C@H](CCC(Oc2ccc(C(F)(F)F)c(F)c2)c2ccccc2)CC1. The summed E-state index contributed by atoms with van der Waals surface area (Å²) in [7, 11) is 0. The molecule has 1 nitrogen and oxygen atoms in total. The van der Waals surface area contributed by atoms with E-state index in [1.165, 1.54) is 38.2 Å². The topological polar surface area (TPSA) is 9.23 Å². The van der Waals surface area contributed by atoms with Crippen LogP contribution in [0, 0.1) is 17.7 Å². The second kappa shape index (κ2) is 9.64. The van der Waals surface area contributed by atoms with Crippen LogP contribution in [0.3, 0.4) is 0 Å². The van der Waals surface area contributed by atoms with Crippen LogP contribution in [-0.2, 0) is 6.18 Å². The average Bonchev–Trinajstić information content (AvgIpc) is 2.71. The number of benzene rings is 2. The van der Waals surface area contributed by atoms with Gasteiger partial charge in [0.05, 0.1) is 5.56 Å². The van der Waals surface area contributed by atoms with Crippen LogP contribution in [0.25, 0.3) is 0 Å². The van der Waals surface area contributed by atoms with Gasteiger partial charge in [-0.15, -0.1) is 0 Å². The molecule has 29 heavy (non-hydrogen) atoms. The first-order valence-corrected chi connectivity index (χ1v) is 10.4.